The second-order valence-corrected chi connectivity index (χ2v) is 8.62. The number of amides is 1. The van der Waals surface area contributed by atoms with Gasteiger partial charge in [-0.15, -0.1) is 0 Å². The van der Waals surface area contributed by atoms with E-state index in [1.807, 2.05) is 0 Å². The number of carbonyl (C=O) groups excluding carboxylic acids is 1. The van der Waals surface area contributed by atoms with E-state index in [0.717, 1.165) is 12.1 Å². The lowest BCUT2D eigenvalue weighted by atomic mass is 10.2. The molecule has 0 radical (unpaired) electrons. The molecule has 0 atom stereocenters. The smallest absolute Gasteiger partial charge is 0.269 e. The number of hydrogen-bond donors (Lipinski definition) is 0. The summed E-state index contributed by atoms with van der Waals surface area (Å²) in [4.78, 5) is 24.4. The maximum Gasteiger partial charge on any atom is 0.269 e. The van der Waals surface area contributed by atoms with E-state index < -0.39 is 14.9 Å². The van der Waals surface area contributed by atoms with Crippen LogP contribution in [0.5, 0.6) is 0 Å². The Bertz CT molecular complexity index is 1030. The molecule has 0 saturated carbocycles. The second kappa shape index (κ2) is 7.49. The lowest BCUT2D eigenvalue weighted by Gasteiger charge is -2.34. The van der Waals surface area contributed by atoms with Crippen molar-refractivity contribution >= 4 is 33.2 Å². The molecule has 0 N–H and O–H groups in total. The van der Waals surface area contributed by atoms with Crippen LogP contribution in [0.15, 0.2) is 29.2 Å². The van der Waals surface area contributed by atoms with Gasteiger partial charge in [-0.2, -0.15) is 9.40 Å². The van der Waals surface area contributed by atoms with Crippen LogP contribution in [-0.4, -0.2) is 64.4 Å². The molecule has 1 amide bonds. The van der Waals surface area contributed by atoms with Crippen LogP contribution in [0.1, 0.15) is 16.1 Å². The number of aromatic nitrogens is 2. The topological polar surface area (TPSA) is 119 Å². The van der Waals surface area contributed by atoms with Gasteiger partial charge in [-0.25, -0.2) is 8.42 Å². The summed E-state index contributed by atoms with van der Waals surface area (Å²) in [6, 6.07) is 4.73. The minimum absolute atomic E-state index is 0.0241. The van der Waals surface area contributed by atoms with E-state index in [-0.39, 0.29) is 47.8 Å². The fourth-order valence-corrected chi connectivity index (χ4v) is 4.73. The average Bonchev–Trinajstić information content (AvgIpc) is 2.93. The van der Waals surface area contributed by atoms with E-state index in [0.29, 0.717) is 11.3 Å². The number of sulfonamides is 1. The van der Waals surface area contributed by atoms with Crippen LogP contribution >= 0.6 is 11.6 Å². The highest BCUT2D eigenvalue weighted by Crippen LogP contribution is 2.24. The van der Waals surface area contributed by atoms with Gasteiger partial charge in [0, 0.05) is 45.4 Å². The van der Waals surface area contributed by atoms with Crippen molar-refractivity contribution in [1.29, 1.82) is 0 Å². The predicted molar refractivity (Wildman–Crippen MR) is 101 cm³/mol. The first-order chi connectivity index (χ1) is 13.1. The Morgan fingerprint density at radius 2 is 1.75 bits per heavy atom. The fraction of sp³-hybridized carbons (Fsp3) is 0.375. The zero-order valence-corrected chi connectivity index (χ0v) is 16.8. The van der Waals surface area contributed by atoms with Gasteiger partial charge in [0.15, 0.2) is 0 Å². The highest BCUT2D eigenvalue weighted by Gasteiger charge is 2.32. The van der Waals surface area contributed by atoms with Crippen LogP contribution in [0, 0.1) is 17.0 Å². The molecule has 0 spiro atoms. The molecule has 150 valence electrons. The zero-order valence-electron chi connectivity index (χ0n) is 15.2. The third-order valence-electron chi connectivity index (χ3n) is 4.58. The molecule has 0 unspecified atom stereocenters. The first kappa shape index (κ1) is 20.2. The summed E-state index contributed by atoms with van der Waals surface area (Å²) in [6.45, 7) is 2.32. The molecule has 10 nitrogen and oxygen atoms in total. The van der Waals surface area contributed by atoms with E-state index >= 15 is 0 Å². The SMILES string of the molecule is Cc1nn(C)c(Cl)c1C(=O)N1CCN(S(=O)(=O)c2ccc([N+](=O)[O-])cc2)CC1. The number of benzene rings is 1. The summed E-state index contributed by atoms with van der Waals surface area (Å²) in [5, 5.41) is 15.1. The Morgan fingerprint density at radius 3 is 2.21 bits per heavy atom. The van der Waals surface area contributed by atoms with Gasteiger partial charge >= 0.3 is 0 Å². The number of nitro benzene ring substituents is 1. The number of halogens is 1. The molecule has 1 aromatic carbocycles. The molecule has 1 saturated heterocycles. The van der Waals surface area contributed by atoms with Crippen LogP contribution in [-0.2, 0) is 17.1 Å². The van der Waals surface area contributed by atoms with Gasteiger partial charge in [0.2, 0.25) is 10.0 Å². The number of hydrogen-bond acceptors (Lipinski definition) is 6. The number of rotatable bonds is 4. The number of carbonyl (C=O) groups is 1. The summed E-state index contributed by atoms with van der Waals surface area (Å²) >= 11 is 6.14. The second-order valence-electron chi connectivity index (χ2n) is 6.32. The molecule has 1 fully saturated rings. The summed E-state index contributed by atoms with van der Waals surface area (Å²) in [5.74, 6) is -0.289. The Morgan fingerprint density at radius 1 is 1.18 bits per heavy atom. The van der Waals surface area contributed by atoms with Crippen molar-refractivity contribution in [3.8, 4) is 0 Å². The average molecular weight is 428 g/mol. The lowest BCUT2D eigenvalue weighted by Crippen LogP contribution is -2.50. The van der Waals surface area contributed by atoms with Gasteiger partial charge < -0.3 is 4.90 Å². The maximum absolute atomic E-state index is 12.7. The van der Waals surface area contributed by atoms with Crippen LogP contribution < -0.4 is 0 Å². The Kier molecular flexibility index (Phi) is 5.41. The third-order valence-corrected chi connectivity index (χ3v) is 6.92. The van der Waals surface area contributed by atoms with Crippen molar-refractivity contribution in [3.05, 3.63) is 50.8 Å². The third kappa shape index (κ3) is 3.60. The standard InChI is InChI=1S/C16H18ClN5O5S/c1-11-14(15(17)19(2)18-11)16(23)20-7-9-21(10-8-20)28(26,27)13-5-3-12(4-6-13)22(24)25/h3-6H,7-10H2,1-2H3. The molecule has 28 heavy (non-hydrogen) atoms. The monoisotopic (exact) mass is 427 g/mol. The minimum Gasteiger partial charge on any atom is -0.336 e. The van der Waals surface area contributed by atoms with Crippen LogP contribution in [0.4, 0.5) is 5.69 Å². The molecule has 3 rings (SSSR count). The van der Waals surface area contributed by atoms with Crippen molar-refractivity contribution in [2.24, 2.45) is 7.05 Å². The fourth-order valence-electron chi connectivity index (χ4n) is 3.05. The number of piperazine rings is 1. The summed E-state index contributed by atoms with van der Waals surface area (Å²) in [7, 11) is -2.16. The predicted octanol–water partition coefficient (Wildman–Crippen LogP) is 1.44. The van der Waals surface area contributed by atoms with Crippen molar-refractivity contribution in [3.63, 3.8) is 0 Å². The van der Waals surface area contributed by atoms with Gasteiger partial charge in [0.1, 0.15) is 5.15 Å². The van der Waals surface area contributed by atoms with E-state index in [4.69, 9.17) is 11.6 Å². The Balaban J connectivity index is 1.72. The number of non-ortho nitro benzene ring substituents is 1. The van der Waals surface area contributed by atoms with E-state index in [1.54, 1.807) is 14.0 Å². The van der Waals surface area contributed by atoms with E-state index in [9.17, 15) is 23.3 Å². The van der Waals surface area contributed by atoms with E-state index in [2.05, 4.69) is 5.10 Å². The quantitative estimate of drug-likeness (QED) is 0.538. The van der Waals surface area contributed by atoms with Crippen LogP contribution in [0.3, 0.4) is 0 Å². The summed E-state index contributed by atoms with van der Waals surface area (Å²) < 4.78 is 28.2. The molecule has 1 aliphatic heterocycles. The molecular weight excluding hydrogens is 410 g/mol. The Hall–Kier alpha value is -2.50. The molecule has 0 aliphatic carbocycles. The van der Waals surface area contributed by atoms with Gasteiger partial charge in [-0.3, -0.25) is 19.6 Å². The highest BCUT2D eigenvalue weighted by atomic mass is 35.5. The van der Waals surface area contributed by atoms with Crippen molar-refractivity contribution < 1.29 is 18.1 Å². The molecule has 1 aromatic heterocycles. The molecule has 12 heteroatoms. The largest absolute Gasteiger partial charge is 0.336 e. The summed E-state index contributed by atoms with van der Waals surface area (Å²) in [5.41, 5.74) is 0.646. The highest BCUT2D eigenvalue weighted by molar-refractivity contribution is 7.89. The van der Waals surface area contributed by atoms with Crippen LogP contribution in [0.2, 0.25) is 5.15 Å². The molecule has 2 heterocycles. The first-order valence-electron chi connectivity index (χ1n) is 8.36. The Labute approximate surface area is 166 Å². The van der Waals surface area contributed by atoms with Crippen molar-refractivity contribution in [1.82, 2.24) is 19.0 Å². The van der Waals surface area contributed by atoms with Gasteiger partial charge in [-0.1, -0.05) is 11.6 Å². The lowest BCUT2D eigenvalue weighted by molar-refractivity contribution is -0.384. The maximum atomic E-state index is 12.7. The van der Waals surface area contributed by atoms with E-state index in [1.165, 1.54) is 26.0 Å². The number of aryl methyl sites for hydroxylation is 2. The molecule has 1 aliphatic rings. The molecular formula is C16H18ClN5O5S. The summed E-state index contributed by atoms with van der Waals surface area (Å²) in [6.07, 6.45) is 0. The van der Waals surface area contributed by atoms with Gasteiger partial charge in [0.25, 0.3) is 11.6 Å². The first-order valence-corrected chi connectivity index (χ1v) is 10.2. The minimum atomic E-state index is -3.80. The molecule has 0 bridgehead atoms. The van der Waals surface area contributed by atoms with Gasteiger partial charge in [0.05, 0.1) is 21.1 Å². The van der Waals surface area contributed by atoms with Crippen LogP contribution in [0.25, 0.3) is 0 Å². The van der Waals surface area contributed by atoms with Crippen molar-refractivity contribution in [2.45, 2.75) is 11.8 Å². The number of nitro groups is 1. The van der Waals surface area contributed by atoms with Gasteiger partial charge in [-0.05, 0) is 19.1 Å². The number of nitrogens with zero attached hydrogens (tertiary/aromatic N) is 5. The zero-order chi connectivity index (χ0) is 20.6. The van der Waals surface area contributed by atoms with Crippen molar-refractivity contribution in [2.75, 3.05) is 26.2 Å². The molecule has 2 aromatic rings. The normalized spacial score (nSPS) is 15.6.